The molecule has 0 saturated heterocycles. The van der Waals surface area contributed by atoms with Gasteiger partial charge < -0.3 is 20.1 Å². The zero-order valence-corrected chi connectivity index (χ0v) is 17.0. The summed E-state index contributed by atoms with van der Waals surface area (Å²) >= 11 is 5.56. The Balaban J connectivity index is 0.00000225. The highest BCUT2D eigenvalue weighted by Crippen LogP contribution is 2.38. The Morgan fingerprint density at radius 2 is 1.96 bits per heavy atom. The molecule has 1 aliphatic heterocycles. The molecule has 0 spiro atoms. The number of benzene rings is 2. The van der Waals surface area contributed by atoms with Crippen molar-refractivity contribution in [3.63, 3.8) is 0 Å². The first-order chi connectivity index (χ1) is 13.5. The smallest absolute Gasteiger partial charge is 0.251 e. The molecular formula is C21H27N3O3S. The van der Waals surface area contributed by atoms with Gasteiger partial charge in [0.1, 0.15) is 0 Å². The van der Waals surface area contributed by atoms with Crippen molar-refractivity contribution in [1.82, 2.24) is 5.32 Å². The number of carbonyl (C=O) groups is 1. The number of amides is 1. The van der Waals surface area contributed by atoms with Crippen LogP contribution in [-0.4, -0.2) is 31.8 Å². The maximum absolute atomic E-state index is 12.2. The number of fused-ring (bicyclic) bond motifs is 1. The van der Waals surface area contributed by atoms with Crippen molar-refractivity contribution in [2.75, 3.05) is 31.0 Å². The first kappa shape index (κ1) is 19.7. The van der Waals surface area contributed by atoms with Crippen LogP contribution in [0.4, 0.5) is 11.4 Å². The molecule has 28 heavy (non-hydrogen) atoms. The molecule has 150 valence electrons. The topological polar surface area (TPSA) is 62.8 Å². The molecule has 0 radical (unpaired) electrons. The van der Waals surface area contributed by atoms with E-state index in [0.29, 0.717) is 34.4 Å². The first-order valence-electron chi connectivity index (χ1n) is 8.94. The Bertz CT molecular complexity index is 953. The summed E-state index contributed by atoms with van der Waals surface area (Å²) in [6.07, 6.45) is 0.885. The molecule has 7 heteroatoms. The molecule has 0 bridgehead atoms. The Morgan fingerprint density at radius 1 is 1.21 bits per heavy atom. The highest BCUT2D eigenvalue weighted by molar-refractivity contribution is 7.80. The van der Waals surface area contributed by atoms with E-state index in [2.05, 4.69) is 17.2 Å². The fourth-order valence-corrected chi connectivity index (χ4v) is 3.36. The third-order valence-corrected chi connectivity index (χ3v) is 4.75. The number of rotatable bonds is 6. The van der Waals surface area contributed by atoms with Crippen LogP contribution < -0.4 is 25.0 Å². The molecule has 0 unspecified atom stereocenters. The van der Waals surface area contributed by atoms with Crippen molar-refractivity contribution < 1.29 is 17.1 Å². The van der Waals surface area contributed by atoms with Gasteiger partial charge in [0.2, 0.25) is 0 Å². The molecule has 1 amide bonds. The molecule has 2 aromatic carbocycles. The lowest BCUT2D eigenvalue weighted by atomic mass is 10.0. The van der Waals surface area contributed by atoms with Gasteiger partial charge in [-0.25, -0.2) is 0 Å². The summed E-state index contributed by atoms with van der Waals surface area (Å²) in [5.41, 5.74) is 3.73. The molecule has 6 nitrogen and oxygen atoms in total. The molecule has 3 rings (SSSR count). The Morgan fingerprint density at radius 3 is 2.64 bits per heavy atom. The van der Waals surface area contributed by atoms with Crippen LogP contribution in [0.15, 0.2) is 43.0 Å². The minimum atomic E-state index is -0.106. The molecule has 0 aromatic heterocycles. The average molecular weight is 402 g/mol. The lowest BCUT2D eigenvalue weighted by Gasteiger charge is -2.34. The van der Waals surface area contributed by atoms with Crippen LogP contribution in [0.2, 0.25) is 0 Å². The summed E-state index contributed by atoms with van der Waals surface area (Å²) in [6, 6.07) is 11.0. The van der Waals surface area contributed by atoms with Crippen LogP contribution >= 0.6 is 12.2 Å². The third kappa shape index (κ3) is 3.66. The number of hydrogen-bond donors (Lipinski definition) is 2. The Kier molecular flexibility index (Phi) is 5.84. The van der Waals surface area contributed by atoms with Gasteiger partial charge in [0.05, 0.1) is 31.3 Å². The molecule has 0 fully saturated rings. The van der Waals surface area contributed by atoms with Gasteiger partial charge in [-0.05, 0) is 42.9 Å². The van der Waals surface area contributed by atoms with Crippen molar-refractivity contribution in [3.8, 4) is 11.5 Å². The number of hydrogen-bond acceptors (Lipinski definition) is 4. The molecule has 2 aromatic rings. The monoisotopic (exact) mass is 401 g/mol. The molecule has 0 aliphatic carbocycles. The van der Waals surface area contributed by atoms with Crippen LogP contribution in [0, 0.1) is 0 Å². The van der Waals surface area contributed by atoms with Crippen molar-refractivity contribution in [2.24, 2.45) is 0 Å². The third-order valence-electron chi connectivity index (χ3n) is 4.47. The minimum absolute atomic E-state index is 0. The van der Waals surface area contributed by atoms with Crippen LogP contribution in [0.5, 0.6) is 11.5 Å². The molecular weight excluding hydrogens is 374 g/mol. The summed E-state index contributed by atoms with van der Waals surface area (Å²) in [5, 5.41) is 6.55. The van der Waals surface area contributed by atoms with Crippen LogP contribution in [-0.2, 0) is 0 Å². The summed E-state index contributed by atoms with van der Waals surface area (Å²) in [7, 11) is 3.18. The van der Waals surface area contributed by atoms with Crippen LogP contribution in [0.25, 0.3) is 5.70 Å². The number of carbonyl (C=O) groups excluding carboxylic acids is 1. The molecule has 0 saturated carbocycles. The predicted molar refractivity (Wildman–Crippen MR) is 121 cm³/mol. The van der Waals surface area contributed by atoms with Crippen molar-refractivity contribution in [3.05, 3.63) is 54.1 Å². The van der Waals surface area contributed by atoms with E-state index in [1.54, 1.807) is 26.4 Å². The van der Waals surface area contributed by atoms with E-state index in [1.807, 2.05) is 36.1 Å². The van der Waals surface area contributed by atoms with Crippen LogP contribution in [0.1, 0.15) is 32.1 Å². The number of anilines is 2. The second-order valence-electron chi connectivity index (χ2n) is 6.27. The average Bonchev–Trinajstić information content (AvgIpc) is 2.71. The lowest BCUT2D eigenvalue weighted by molar-refractivity contribution is 0.0953. The number of ether oxygens (including phenoxy) is 2. The van der Waals surface area contributed by atoms with Crippen molar-refractivity contribution >= 4 is 40.3 Å². The van der Waals surface area contributed by atoms with Gasteiger partial charge in [-0.3, -0.25) is 9.69 Å². The van der Waals surface area contributed by atoms with Gasteiger partial charge in [-0.2, -0.15) is 0 Å². The maximum atomic E-state index is 12.2. The molecule has 2 N–H and O–H groups in total. The predicted octanol–water partition coefficient (Wildman–Crippen LogP) is 4.52. The minimum Gasteiger partial charge on any atom is -0.493 e. The zero-order valence-electron chi connectivity index (χ0n) is 16.2. The highest BCUT2D eigenvalue weighted by Gasteiger charge is 2.26. The maximum Gasteiger partial charge on any atom is 0.251 e. The van der Waals surface area contributed by atoms with Crippen LogP contribution in [0.3, 0.4) is 0 Å². The van der Waals surface area contributed by atoms with E-state index >= 15 is 0 Å². The number of methoxy groups -OCH3 is 2. The van der Waals surface area contributed by atoms with Gasteiger partial charge in [0.25, 0.3) is 5.91 Å². The Hall–Kier alpha value is -3.06. The van der Waals surface area contributed by atoms with Gasteiger partial charge in [0, 0.05) is 26.6 Å². The van der Waals surface area contributed by atoms with E-state index in [4.69, 9.17) is 21.7 Å². The summed E-state index contributed by atoms with van der Waals surface area (Å²) in [5.74, 6) is 1.13. The highest BCUT2D eigenvalue weighted by atomic mass is 32.1. The van der Waals surface area contributed by atoms with E-state index in [0.717, 1.165) is 23.4 Å². The second kappa shape index (κ2) is 8.31. The first-order valence-corrected chi connectivity index (χ1v) is 9.35. The van der Waals surface area contributed by atoms with E-state index in [-0.39, 0.29) is 8.76 Å². The molecule has 1 aliphatic rings. The van der Waals surface area contributed by atoms with E-state index in [1.165, 1.54) is 0 Å². The zero-order chi connectivity index (χ0) is 20.3. The largest absolute Gasteiger partial charge is 0.493 e. The quantitative estimate of drug-likeness (QED) is 0.694. The lowest BCUT2D eigenvalue weighted by Crippen LogP contribution is -2.37. The van der Waals surface area contributed by atoms with Gasteiger partial charge in [-0.15, -0.1) is 0 Å². The number of nitrogens with zero attached hydrogens (tertiary/aromatic N) is 1. The van der Waals surface area contributed by atoms with E-state index < -0.39 is 0 Å². The SMILES string of the molecule is C=C1c2ccc(C(=O)NCCC)cc2NC(=S)N1c1ccc(OC)c(OC)c1.[HH].[HH]. The molecule has 1 heterocycles. The van der Waals surface area contributed by atoms with Gasteiger partial charge in [0.15, 0.2) is 16.6 Å². The number of nitrogens with one attached hydrogen (secondary N) is 2. The second-order valence-corrected chi connectivity index (χ2v) is 6.65. The van der Waals surface area contributed by atoms with Gasteiger partial charge in [-0.1, -0.05) is 19.6 Å². The van der Waals surface area contributed by atoms with Gasteiger partial charge >= 0.3 is 0 Å². The molecule has 0 atom stereocenters. The fourth-order valence-electron chi connectivity index (χ4n) is 3.03. The standard InChI is InChI=1S/C21H23N3O3S.2H2/c1-5-10-22-20(25)14-6-8-16-13(2)24(21(28)23-17(16)11-14)15-7-9-18(26-3)19(12-15)27-4;;/h6-9,11-12H,2,5,10H2,1,3-4H3,(H,22,25)(H,23,28);2*1H. The van der Waals surface area contributed by atoms with Crippen molar-refractivity contribution in [1.29, 1.82) is 0 Å². The fraction of sp³-hybridized carbons (Fsp3) is 0.238. The van der Waals surface area contributed by atoms with E-state index in [9.17, 15) is 4.79 Å². The number of thiocarbonyl (C=S) groups is 1. The summed E-state index contributed by atoms with van der Waals surface area (Å²) in [4.78, 5) is 14.1. The summed E-state index contributed by atoms with van der Waals surface area (Å²) in [6.45, 7) is 6.87. The Labute approximate surface area is 173 Å². The normalized spacial score (nSPS) is 12.9. The summed E-state index contributed by atoms with van der Waals surface area (Å²) < 4.78 is 10.7. The van der Waals surface area contributed by atoms with Crippen molar-refractivity contribution in [2.45, 2.75) is 13.3 Å².